The van der Waals surface area contributed by atoms with Gasteiger partial charge in [0.2, 0.25) is 0 Å². The van der Waals surface area contributed by atoms with Gasteiger partial charge in [-0.1, -0.05) is 6.92 Å². The molecule has 1 heterocycles. The van der Waals surface area contributed by atoms with Crippen molar-refractivity contribution in [2.45, 2.75) is 32.5 Å². The quantitative estimate of drug-likeness (QED) is 0.740. The van der Waals surface area contributed by atoms with Crippen LogP contribution in [0.25, 0.3) is 0 Å². The summed E-state index contributed by atoms with van der Waals surface area (Å²) < 4.78 is 36.6. The van der Waals surface area contributed by atoms with Gasteiger partial charge in [0, 0.05) is 12.1 Å². The predicted molar refractivity (Wildman–Crippen MR) is 66.1 cm³/mol. The Morgan fingerprint density at radius 3 is 2.26 bits per heavy atom. The van der Waals surface area contributed by atoms with E-state index in [0.717, 1.165) is 0 Å². The van der Waals surface area contributed by atoms with Crippen molar-refractivity contribution in [2.75, 3.05) is 23.7 Å². The summed E-state index contributed by atoms with van der Waals surface area (Å²) in [6.45, 7) is 3.75. The second-order valence-electron chi connectivity index (χ2n) is 3.87. The van der Waals surface area contributed by atoms with Gasteiger partial charge >= 0.3 is 6.18 Å². The molecule has 0 aliphatic carbocycles. The summed E-state index contributed by atoms with van der Waals surface area (Å²) in [6, 6.07) is 0. The molecule has 0 bridgehead atoms. The maximum absolute atomic E-state index is 12.2. The number of hydrogen-bond acceptors (Lipinski definition) is 5. The zero-order chi connectivity index (χ0) is 14.5. The average molecular weight is 278 g/mol. The van der Waals surface area contributed by atoms with Crippen LogP contribution in [0.1, 0.15) is 19.4 Å². The van der Waals surface area contributed by atoms with Gasteiger partial charge in [0.15, 0.2) is 6.10 Å². The smallest absolute Gasteiger partial charge is 0.382 e. The first kappa shape index (κ1) is 15.5. The van der Waals surface area contributed by atoms with E-state index in [9.17, 15) is 13.2 Å². The normalized spacial score (nSPS) is 13.2. The third-order valence-electron chi connectivity index (χ3n) is 2.48. The number of hydrogen-bond donors (Lipinski definition) is 3. The SMILES string of the molecule is CCNc1ncnc(NCC(O)C(F)(F)F)c1CC. The lowest BCUT2D eigenvalue weighted by Crippen LogP contribution is -2.35. The highest BCUT2D eigenvalue weighted by Crippen LogP contribution is 2.23. The van der Waals surface area contributed by atoms with Crippen molar-refractivity contribution in [1.82, 2.24) is 9.97 Å². The zero-order valence-corrected chi connectivity index (χ0v) is 10.8. The molecular formula is C11H17F3N4O. The molecule has 1 rings (SSSR count). The lowest BCUT2D eigenvalue weighted by atomic mass is 10.2. The molecule has 1 aromatic heterocycles. The Morgan fingerprint density at radius 2 is 1.79 bits per heavy atom. The highest BCUT2D eigenvalue weighted by atomic mass is 19.4. The monoisotopic (exact) mass is 278 g/mol. The van der Waals surface area contributed by atoms with Crippen LogP contribution in [0.4, 0.5) is 24.8 Å². The minimum atomic E-state index is -4.64. The Kier molecular flexibility index (Phi) is 5.34. The van der Waals surface area contributed by atoms with E-state index in [1.165, 1.54) is 6.33 Å². The Hall–Kier alpha value is -1.57. The van der Waals surface area contributed by atoms with Gasteiger partial charge in [-0.25, -0.2) is 9.97 Å². The van der Waals surface area contributed by atoms with Crippen molar-refractivity contribution in [3.05, 3.63) is 11.9 Å². The number of nitrogens with one attached hydrogen (secondary N) is 2. The van der Waals surface area contributed by atoms with Crippen molar-refractivity contribution in [1.29, 1.82) is 0 Å². The van der Waals surface area contributed by atoms with Crippen molar-refractivity contribution >= 4 is 11.6 Å². The largest absolute Gasteiger partial charge is 0.416 e. The first-order chi connectivity index (χ1) is 8.90. The van der Waals surface area contributed by atoms with Gasteiger partial charge in [-0.15, -0.1) is 0 Å². The molecule has 1 unspecified atom stereocenters. The number of halogens is 3. The third kappa shape index (κ3) is 4.23. The van der Waals surface area contributed by atoms with Crippen molar-refractivity contribution < 1.29 is 18.3 Å². The number of aliphatic hydroxyl groups excluding tert-OH is 1. The predicted octanol–water partition coefficient (Wildman–Crippen LogP) is 1.81. The van der Waals surface area contributed by atoms with Crippen LogP contribution in [0.2, 0.25) is 0 Å². The summed E-state index contributed by atoms with van der Waals surface area (Å²) in [5.74, 6) is 0.890. The van der Waals surface area contributed by atoms with E-state index < -0.39 is 18.8 Å². The first-order valence-corrected chi connectivity index (χ1v) is 5.96. The Balaban J connectivity index is 2.81. The third-order valence-corrected chi connectivity index (χ3v) is 2.48. The van der Waals surface area contributed by atoms with Crippen LogP contribution in [-0.4, -0.2) is 40.4 Å². The Morgan fingerprint density at radius 1 is 1.21 bits per heavy atom. The highest BCUT2D eigenvalue weighted by molar-refractivity contribution is 5.57. The molecule has 0 saturated heterocycles. The molecule has 3 N–H and O–H groups in total. The van der Waals surface area contributed by atoms with E-state index in [1.54, 1.807) is 0 Å². The van der Waals surface area contributed by atoms with Crippen LogP contribution in [0.3, 0.4) is 0 Å². The van der Waals surface area contributed by atoms with Gasteiger partial charge in [0.05, 0.1) is 6.54 Å². The molecule has 0 spiro atoms. The van der Waals surface area contributed by atoms with Gasteiger partial charge in [-0.2, -0.15) is 13.2 Å². The average Bonchev–Trinajstić information content (AvgIpc) is 2.35. The molecule has 1 aromatic rings. The molecule has 0 amide bonds. The molecule has 8 heteroatoms. The Labute approximate surface area is 109 Å². The number of alkyl halides is 3. The number of anilines is 2. The molecule has 0 saturated carbocycles. The van der Waals surface area contributed by atoms with E-state index >= 15 is 0 Å². The van der Waals surface area contributed by atoms with Gasteiger partial charge in [0.25, 0.3) is 0 Å². The molecule has 108 valence electrons. The molecule has 0 radical (unpaired) electrons. The van der Waals surface area contributed by atoms with Crippen LogP contribution < -0.4 is 10.6 Å². The van der Waals surface area contributed by atoms with Crippen LogP contribution in [0.15, 0.2) is 6.33 Å². The van der Waals surface area contributed by atoms with E-state index in [2.05, 4.69) is 20.6 Å². The van der Waals surface area contributed by atoms with E-state index in [4.69, 9.17) is 5.11 Å². The maximum Gasteiger partial charge on any atom is 0.416 e. The van der Waals surface area contributed by atoms with Crippen LogP contribution in [-0.2, 0) is 6.42 Å². The Bertz CT molecular complexity index is 411. The second kappa shape index (κ2) is 6.55. The van der Waals surface area contributed by atoms with Gasteiger partial charge in [-0.05, 0) is 13.3 Å². The topological polar surface area (TPSA) is 70.1 Å². The first-order valence-electron chi connectivity index (χ1n) is 5.96. The van der Waals surface area contributed by atoms with Gasteiger partial charge in [-0.3, -0.25) is 0 Å². The van der Waals surface area contributed by atoms with Crippen molar-refractivity contribution in [2.24, 2.45) is 0 Å². The lowest BCUT2D eigenvalue weighted by molar-refractivity contribution is -0.198. The van der Waals surface area contributed by atoms with Crippen LogP contribution in [0, 0.1) is 0 Å². The standard InChI is InChI=1S/C11H17F3N4O/c1-3-7-9(15-4-2)17-6-18-10(7)16-5-8(19)11(12,13)14/h6,8,19H,3-5H2,1-2H3,(H2,15,16,17,18). The summed E-state index contributed by atoms with van der Waals surface area (Å²) >= 11 is 0. The number of aliphatic hydroxyl groups is 1. The van der Waals surface area contributed by atoms with Gasteiger partial charge < -0.3 is 15.7 Å². The number of aromatic nitrogens is 2. The fraction of sp³-hybridized carbons (Fsp3) is 0.636. The van der Waals surface area contributed by atoms with E-state index in [-0.39, 0.29) is 0 Å². The molecule has 0 fully saturated rings. The molecule has 5 nitrogen and oxygen atoms in total. The van der Waals surface area contributed by atoms with E-state index in [0.29, 0.717) is 30.2 Å². The number of nitrogens with zero attached hydrogens (tertiary/aromatic N) is 2. The summed E-state index contributed by atoms with van der Waals surface area (Å²) in [7, 11) is 0. The fourth-order valence-electron chi connectivity index (χ4n) is 1.53. The second-order valence-corrected chi connectivity index (χ2v) is 3.87. The molecular weight excluding hydrogens is 261 g/mol. The molecule has 1 atom stereocenters. The molecule has 0 aliphatic heterocycles. The summed E-state index contributed by atoms with van der Waals surface area (Å²) in [5.41, 5.74) is 0.693. The summed E-state index contributed by atoms with van der Waals surface area (Å²) in [5, 5.41) is 14.5. The molecule has 0 aliphatic rings. The lowest BCUT2D eigenvalue weighted by Gasteiger charge is -2.17. The molecule has 19 heavy (non-hydrogen) atoms. The number of rotatable bonds is 6. The molecule has 0 aromatic carbocycles. The van der Waals surface area contributed by atoms with Crippen molar-refractivity contribution in [3.63, 3.8) is 0 Å². The van der Waals surface area contributed by atoms with Crippen LogP contribution in [0.5, 0.6) is 0 Å². The maximum atomic E-state index is 12.2. The highest BCUT2D eigenvalue weighted by Gasteiger charge is 2.38. The van der Waals surface area contributed by atoms with E-state index in [1.807, 2.05) is 13.8 Å². The minimum Gasteiger partial charge on any atom is -0.382 e. The minimum absolute atomic E-state index is 0.303. The van der Waals surface area contributed by atoms with Crippen molar-refractivity contribution in [3.8, 4) is 0 Å². The fourth-order valence-corrected chi connectivity index (χ4v) is 1.53. The summed E-state index contributed by atoms with van der Waals surface area (Å²) in [6.07, 6.45) is -5.24. The summed E-state index contributed by atoms with van der Waals surface area (Å²) in [4.78, 5) is 7.93. The van der Waals surface area contributed by atoms with Gasteiger partial charge in [0.1, 0.15) is 18.0 Å². The van der Waals surface area contributed by atoms with Crippen LogP contribution >= 0.6 is 0 Å². The zero-order valence-electron chi connectivity index (χ0n) is 10.8.